The molecule has 2 aliphatic heterocycles. The zero-order valence-corrected chi connectivity index (χ0v) is 21.5. The minimum Gasteiger partial charge on any atom is -0.477 e. The summed E-state index contributed by atoms with van der Waals surface area (Å²) in [6.45, 7) is 0. The molecule has 2 aromatic rings. The molecular weight excluding hydrogens is 547 g/mol. The summed E-state index contributed by atoms with van der Waals surface area (Å²) in [6.07, 6.45) is -1.60. The summed E-state index contributed by atoms with van der Waals surface area (Å²) in [6, 6.07) is 7.17. The Bertz CT molecular complexity index is 1240. The second-order valence-corrected chi connectivity index (χ2v) is 12.3. The summed E-state index contributed by atoms with van der Waals surface area (Å²) in [5, 5.41) is 35.3. The molecule has 2 unspecified atom stereocenters. The monoisotopic (exact) mass is 570 g/mol. The van der Waals surface area contributed by atoms with Crippen LogP contribution in [-0.2, 0) is 18.9 Å². The number of nitrogens with one attached hydrogen (secondary N) is 2. The molecule has 1 aromatic carbocycles. The standard InChI is InChI=1S/C20H23N6O8PS2/c27-15(10-5-2-1-3-6-10)16(28)21-13-17(29)26-14(19(30)31)11(9-36-18(13)26)12(7-4-8-35(32,33)34)37-20-22-24-25-23-20/h1-3,5-6,12-13,15,18,27H,4,7-9H2,(H,21,28)(H,30,31)(H2,32,33,34)(H,22,23,24,25)/t12?,13-,15?,18+/m1/s1. The van der Waals surface area contributed by atoms with Gasteiger partial charge in [0.05, 0.1) is 0 Å². The van der Waals surface area contributed by atoms with Gasteiger partial charge in [-0.3, -0.25) is 19.1 Å². The highest BCUT2D eigenvalue weighted by atomic mass is 32.2. The number of aliphatic hydroxyl groups excluding tert-OH is 1. The van der Waals surface area contributed by atoms with E-state index in [1.807, 2.05) is 0 Å². The van der Waals surface area contributed by atoms with Crippen LogP contribution in [-0.4, -0.2) is 91.9 Å². The summed E-state index contributed by atoms with van der Waals surface area (Å²) in [7, 11) is -4.26. The van der Waals surface area contributed by atoms with Crippen LogP contribution in [0.4, 0.5) is 0 Å². The summed E-state index contributed by atoms with van der Waals surface area (Å²) in [4.78, 5) is 57.4. The van der Waals surface area contributed by atoms with Crippen molar-refractivity contribution in [2.45, 2.75) is 40.8 Å². The molecule has 37 heavy (non-hydrogen) atoms. The lowest BCUT2D eigenvalue weighted by Gasteiger charge is -2.50. The molecule has 3 heterocycles. The Morgan fingerprint density at radius 2 is 2.03 bits per heavy atom. The molecule has 1 saturated heterocycles. The first-order valence-corrected chi connectivity index (χ1v) is 14.7. The molecule has 2 amide bonds. The van der Waals surface area contributed by atoms with E-state index in [9.17, 15) is 38.9 Å². The van der Waals surface area contributed by atoms with Gasteiger partial charge in [0.2, 0.25) is 5.16 Å². The minimum absolute atomic E-state index is 0.0916. The third-order valence-corrected chi connectivity index (χ3v) is 9.13. The number of aromatic amines is 1. The summed E-state index contributed by atoms with van der Waals surface area (Å²) < 4.78 is 11.3. The van der Waals surface area contributed by atoms with Crippen LogP contribution in [0.3, 0.4) is 0 Å². The first-order valence-electron chi connectivity index (χ1n) is 11.0. The van der Waals surface area contributed by atoms with Crippen molar-refractivity contribution < 1.29 is 38.9 Å². The average molecular weight is 571 g/mol. The van der Waals surface area contributed by atoms with Gasteiger partial charge < -0.3 is 25.3 Å². The van der Waals surface area contributed by atoms with Gasteiger partial charge in [-0.05, 0) is 29.2 Å². The largest absolute Gasteiger partial charge is 0.477 e. The second-order valence-electron chi connectivity index (χ2n) is 8.22. The number of aromatic nitrogens is 4. The van der Waals surface area contributed by atoms with Crippen LogP contribution >= 0.6 is 31.1 Å². The van der Waals surface area contributed by atoms with E-state index in [1.165, 1.54) is 11.8 Å². The van der Waals surface area contributed by atoms with Crippen molar-refractivity contribution in [3.05, 3.63) is 47.2 Å². The van der Waals surface area contributed by atoms with Gasteiger partial charge in [-0.1, -0.05) is 42.1 Å². The summed E-state index contributed by atoms with van der Waals surface area (Å²) >= 11 is 2.31. The number of rotatable bonds is 11. The molecule has 1 aromatic heterocycles. The number of benzene rings is 1. The zero-order chi connectivity index (χ0) is 26.7. The van der Waals surface area contributed by atoms with Crippen molar-refractivity contribution in [2.24, 2.45) is 0 Å². The van der Waals surface area contributed by atoms with E-state index in [1.54, 1.807) is 30.3 Å². The number of carboxylic acids is 1. The van der Waals surface area contributed by atoms with Gasteiger partial charge >= 0.3 is 13.6 Å². The maximum Gasteiger partial charge on any atom is 0.352 e. The molecule has 2 aliphatic rings. The number of H-pyrrole nitrogens is 1. The number of β-lactam (4-membered cyclic amide) rings is 1. The Hall–Kier alpha value is -2.75. The van der Waals surface area contributed by atoms with Gasteiger partial charge in [0, 0.05) is 17.2 Å². The number of carbonyl (C=O) groups is 3. The highest BCUT2D eigenvalue weighted by molar-refractivity contribution is 8.01. The maximum atomic E-state index is 13.0. The Balaban J connectivity index is 1.54. The molecule has 4 rings (SSSR count). The normalized spacial score (nSPS) is 21.2. The number of hydrogen-bond acceptors (Lipinski definition) is 10. The van der Waals surface area contributed by atoms with E-state index in [0.29, 0.717) is 11.1 Å². The lowest BCUT2D eigenvalue weighted by atomic mass is 9.99. The Kier molecular flexibility index (Phi) is 8.36. The van der Waals surface area contributed by atoms with Crippen molar-refractivity contribution in [3.63, 3.8) is 0 Å². The molecule has 4 atom stereocenters. The van der Waals surface area contributed by atoms with Crippen molar-refractivity contribution in [3.8, 4) is 0 Å². The van der Waals surface area contributed by atoms with Crippen LogP contribution in [0.2, 0.25) is 0 Å². The molecule has 0 aliphatic carbocycles. The van der Waals surface area contributed by atoms with Gasteiger partial charge in [0.25, 0.3) is 11.8 Å². The van der Waals surface area contributed by atoms with E-state index in [-0.39, 0.29) is 35.6 Å². The van der Waals surface area contributed by atoms with E-state index in [0.717, 1.165) is 16.7 Å². The summed E-state index contributed by atoms with van der Waals surface area (Å²) in [5.41, 5.74) is 0.474. The molecule has 17 heteroatoms. The third-order valence-electron chi connectivity index (χ3n) is 5.74. The Morgan fingerprint density at radius 1 is 1.30 bits per heavy atom. The predicted molar refractivity (Wildman–Crippen MR) is 131 cm³/mol. The van der Waals surface area contributed by atoms with Gasteiger partial charge in [0.1, 0.15) is 17.1 Å². The predicted octanol–water partition coefficient (Wildman–Crippen LogP) is 0.0905. The highest BCUT2D eigenvalue weighted by Crippen LogP contribution is 2.45. The van der Waals surface area contributed by atoms with Crippen molar-refractivity contribution in [1.29, 1.82) is 0 Å². The number of aliphatic carboxylic acids is 1. The second kappa shape index (κ2) is 11.3. The van der Waals surface area contributed by atoms with Crippen molar-refractivity contribution in [1.82, 2.24) is 30.8 Å². The smallest absolute Gasteiger partial charge is 0.352 e. The van der Waals surface area contributed by atoms with Gasteiger partial charge in [-0.15, -0.1) is 22.0 Å². The number of thioether (sulfide) groups is 2. The number of nitrogens with zero attached hydrogens (tertiary/aromatic N) is 4. The van der Waals surface area contributed by atoms with Crippen molar-refractivity contribution in [2.75, 3.05) is 11.9 Å². The molecular formula is C20H23N6O8PS2. The van der Waals surface area contributed by atoms with E-state index < -0.39 is 48.1 Å². The topological polar surface area (TPSA) is 219 Å². The van der Waals surface area contributed by atoms with E-state index in [2.05, 4.69) is 25.9 Å². The molecule has 0 radical (unpaired) electrons. The molecule has 14 nitrogen and oxygen atoms in total. The van der Waals surface area contributed by atoms with E-state index in [4.69, 9.17) is 0 Å². The zero-order valence-electron chi connectivity index (χ0n) is 19.0. The number of tetrazole rings is 1. The maximum absolute atomic E-state index is 13.0. The van der Waals surface area contributed by atoms with Crippen LogP contribution in [0.15, 0.2) is 46.8 Å². The lowest BCUT2D eigenvalue weighted by Crippen LogP contribution is -2.71. The minimum atomic E-state index is -4.26. The number of hydrogen-bond donors (Lipinski definition) is 6. The fraction of sp³-hybridized carbons (Fsp3) is 0.400. The first-order chi connectivity index (χ1) is 17.6. The average Bonchev–Trinajstić information content (AvgIpc) is 3.38. The molecule has 1 fully saturated rings. The highest BCUT2D eigenvalue weighted by Gasteiger charge is 2.55. The fourth-order valence-electron chi connectivity index (χ4n) is 4.03. The molecule has 0 saturated carbocycles. The third kappa shape index (κ3) is 6.22. The number of amides is 2. The molecule has 6 N–H and O–H groups in total. The van der Waals surface area contributed by atoms with Crippen molar-refractivity contribution >= 4 is 48.9 Å². The Morgan fingerprint density at radius 3 is 2.65 bits per heavy atom. The van der Waals surface area contributed by atoms with Gasteiger partial charge in [0.15, 0.2) is 6.10 Å². The van der Waals surface area contributed by atoms with Gasteiger partial charge in [-0.2, -0.15) is 5.21 Å². The first kappa shape index (κ1) is 27.3. The van der Waals surface area contributed by atoms with Gasteiger partial charge in [-0.25, -0.2) is 4.79 Å². The van der Waals surface area contributed by atoms with Crippen LogP contribution in [0.5, 0.6) is 0 Å². The summed E-state index contributed by atoms with van der Waals surface area (Å²) in [5.74, 6) is -2.59. The van der Waals surface area contributed by atoms with E-state index >= 15 is 0 Å². The molecule has 0 spiro atoms. The van der Waals surface area contributed by atoms with Crippen LogP contribution < -0.4 is 5.32 Å². The van der Waals surface area contributed by atoms with Crippen LogP contribution in [0.25, 0.3) is 0 Å². The number of carbonyl (C=O) groups excluding carboxylic acids is 2. The quantitative estimate of drug-likeness (QED) is 0.120. The van der Waals surface area contributed by atoms with Crippen LogP contribution in [0, 0.1) is 0 Å². The molecule has 0 bridgehead atoms. The Labute approximate surface area is 218 Å². The number of aliphatic hydroxyl groups is 1. The van der Waals surface area contributed by atoms with Crippen LogP contribution in [0.1, 0.15) is 24.5 Å². The lowest BCUT2D eigenvalue weighted by molar-refractivity contribution is -0.151. The SMILES string of the molecule is O=C(O)C1=C(C(CCCP(=O)(O)O)Sc2nn[nH]n2)CS[C@H]2[C@H](NC(=O)C(O)c3ccccc3)C(=O)N12. The molecule has 198 valence electrons. The number of fused-ring (bicyclic) bond motifs is 1. The number of carboxylic acid groups (broad SMARTS) is 1. The fourth-order valence-corrected chi connectivity index (χ4v) is 7.21.